The molecular weight excluding hydrogens is 550 g/mol. The van der Waals surface area contributed by atoms with E-state index in [0.717, 1.165) is 53.8 Å². The van der Waals surface area contributed by atoms with Crippen molar-refractivity contribution in [3.63, 3.8) is 0 Å². The van der Waals surface area contributed by atoms with Crippen LogP contribution in [0.4, 0.5) is 5.82 Å². The van der Waals surface area contributed by atoms with Gasteiger partial charge in [0.15, 0.2) is 0 Å². The molecule has 2 atom stereocenters. The fraction of sp³-hybridized carbons (Fsp3) is 0.514. The molecule has 1 saturated heterocycles. The smallest absolute Gasteiger partial charge is 0.309 e. The van der Waals surface area contributed by atoms with Crippen molar-refractivity contribution in [2.45, 2.75) is 84.0 Å². The quantitative estimate of drug-likeness (QED) is 0.313. The molecule has 44 heavy (non-hydrogen) atoms. The van der Waals surface area contributed by atoms with E-state index in [4.69, 9.17) is 14.5 Å². The van der Waals surface area contributed by atoms with Crippen LogP contribution in [0.25, 0.3) is 11.3 Å². The van der Waals surface area contributed by atoms with Crippen LogP contribution in [0.1, 0.15) is 66.3 Å². The summed E-state index contributed by atoms with van der Waals surface area (Å²) >= 11 is 0. The lowest BCUT2D eigenvalue weighted by molar-refractivity contribution is -0.147. The lowest BCUT2D eigenvalue weighted by atomic mass is 9.94. The molecule has 1 N–H and O–H groups in total. The second kappa shape index (κ2) is 13.7. The van der Waals surface area contributed by atoms with Crippen LogP contribution in [0, 0.1) is 19.8 Å². The molecule has 0 amide bonds. The number of hydrogen-bond acceptors (Lipinski definition) is 6. The SMILES string of the molecule is CO[C@H]1CN(c2cccc(-c3cccc(C)c3OCc3ccc4c(c3C)CCN(C3CCCCC3)CC4)n2)CC[C@H]1C(=O)O. The number of ether oxygens (including phenoxy) is 2. The predicted octanol–water partition coefficient (Wildman–Crippen LogP) is 6.60. The van der Waals surface area contributed by atoms with Crippen molar-refractivity contribution in [1.82, 2.24) is 9.88 Å². The zero-order chi connectivity index (χ0) is 30.6. The third-order valence-electron chi connectivity index (χ3n) is 10.3. The van der Waals surface area contributed by atoms with Gasteiger partial charge in [-0.2, -0.15) is 0 Å². The van der Waals surface area contributed by atoms with Crippen LogP contribution < -0.4 is 9.64 Å². The zero-order valence-electron chi connectivity index (χ0n) is 26.6. The van der Waals surface area contributed by atoms with E-state index in [0.29, 0.717) is 26.1 Å². The summed E-state index contributed by atoms with van der Waals surface area (Å²) in [5.41, 5.74) is 8.53. The van der Waals surface area contributed by atoms with Crippen molar-refractivity contribution in [1.29, 1.82) is 0 Å². The first-order chi connectivity index (χ1) is 21.4. The van der Waals surface area contributed by atoms with Crippen LogP contribution >= 0.6 is 0 Å². The number of benzene rings is 2. The molecule has 1 aliphatic carbocycles. The number of aryl methyl sites for hydroxylation is 1. The van der Waals surface area contributed by atoms with E-state index in [1.165, 1.54) is 60.9 Å². The second-order valence-corrected chi connectivity index (χ2v) is 12.9. The minimum Gasteiger partial charge on any atom is -0.488 e. The van der Waals surface area contributed by atoms with Gasteiger partial charge in [0.25, 0.3) is 0 Å². The Labute approximate surface area is 262 Å². The molecule has 2 aliphatic heterocycles. The fourth-order valence-corrected chi connectivity index (χ4v) is 7.63. The van der Waals surface area contributed by atoms with Crippen molar-refractivity contribution in [2.24, 2.45) is 5.92 Å². The van der Waals surface area contributed by atoms with Gasteiger partial charge in [-0.05, 0) is 92.0 Å². The van der Waals surface area contributed by atoms with E-state index in [1.54, 1.807) is 7.11 Å². The number of carboxylic acids is 1. The van der Waals surface area contributed by atoms with Crippen molar-refractivity contribution in [3.8, 4) is 17.0 Å². The number of carboxylic acid groups (broad SMARTS) is 1. The Morgan fingerprint density at radius 3 is 2.55 bits per heavy atom. The molecule has 0 spiro atoms. The Kier molecular flexibility index (Phi) is 9.53. The van der Waals surface area contributed by atoms with E-state index in [9.17, 15) is 9.90 Å². The molecule has 0 unspecified atom stereocenters. The number of hydrogen-bond donors (Lipinski definition) is 1. The summed E-state index contributed by atoms with van der Waals surface area (Å²) in [7, 11) is 1.59. The number of aliphatic carboxylic acids is 1. The zero-order valence-corrected chi connectivity index (χ0v) is 26.6. The molecular formula is C37H47N3O4. The van der Waals surface area contributed by atoms with Gasteiger partial charge >= 0.3 is 5.97 Å². The number of methoxy groups -OCH3 is 1. The summed E-state index contributed by atoms with van der Waals surface area (Å²) < 4.78 is 12.2. The van der Waals surface area contributed by atoms with E-state index in [1.807, 2.05) is 18.2 Å². The van der Waals surface area contributed by atoms with Gasteiger partial charge in [0.2, 0.25) is 0 Å². The number of rotatable bonds is 8. The van der Waals surface area contributed by atoms with Gasteiger partial charge in [-0.3, -0.25) is 9.69 Å². The Balaban J connectivity index is 1.18. The molecule has 2 fully saturated rings. The molecule has 3 aliphatic rings. The van der Waals surface area contributed by atoms with E-state index < -0.39 is 11.9 Å². The summed E-state index contributed by atoms with van der Waals surface area (Å²) in [6.07, 6.45) is 9.30. The molecule has 234 valence electrons. The minimum absolute atomic E-state index is 0.371. The highest BCUT2D eigenvalue weighted by molar-refractivity contribution is 5.72. The van der Waals surface area contributed by atoms with Gasteiger partial charge in [0.05, 0.1) is 17.7 Å². The van der Waals surface area contributed by atoms with Crippen molar-refractivity contribution < 1.29 is 19.4 Å². The van der Waals surface area contributed by atoms with Crippen LogP contribution in [0.15, 0.2) is 48.5 Å². The van der Waals surface area contributed by atoms with Gasteiger partial charge in [-0.1, -0.05) is 49.6 Å². The second-order valence-electron chi connectivity index (χ2n) is 12.9. The molecule has 2 aromatic carbocycles. The third-order valence-corrected chi connectivity index (χ3v) is 10.3. The summed E-state index contributed by atoms with van der Waals surface area (Å²) in [5, 5.41) is 9.60. The van der Waals surface area contributed by atoms with Crippen LogP contribution in [-0.2, 0) is 29.0 Å². The molecule has 7 nitrogen and oxygen atoms in total. The van der Waals surface area contributed by atoms with Crippen molar-refractivity contribution in [3.05, 3.63) is 76.3 Å². The summed E-state index contributed by atoms with van der Waals surface area (Å²) in [6, 6.07) is 17.6. The number of aromatic nitrogens is 1. The first-order valence-corrected chi connectivity index (χ1v) is 16.5. The van der Waals surface area contributed by atoms with Crippen molar-refractivity contribution in [2.75, 3.05) is 38.2 Å². The average Bonchev–Trinajstić information content (AvgIpc) is 3.28. The first-order valence-electron chi connectivity index (χ1n) is 16.5. The normalized spacial score (nSPS) is 21.5. The lowest BCUT2D eigenvalue weighted by Crippen LogP contribution is -2.47. The minimum atomic E-state index is -0.800. The van der Waals surface area contributed by atoms with Crippen LogP contribution in [-0.4, -0.2) is 66.4 Å². The van der Waals surface area contributed by atoms with Gasteiger partial charge in [-0.25, -0.2) is 4.98 Å². The molecule has 3 heterocycles. The summed E-state index contributed by atoms with van der Waals surface area (Å²) in [4.78, 5) is 21.6. The maximum absolute atomic E-state index is 11.7. The Morgan fingerprint density at radius 1 is 0.955 bits per heavy atom. The Morgan fingerprint density at radius 2 is 1.75 bits per heavy atom. The fourth-order valence-electron chi connectivity index (χ4n) is 7.63. The topological polar surface area (TPSA) is 75.1 Å². The number of para-hydroxylation sites is 1. The summed E-state index contributed by atoms with van der Waals surface area (Å²) in [5.74, 6) is 0.383. The van der Waals surface area contributed by atoms with Crippen LogP contribution in [0.2, 0.25) is 0 Å². The van der Waals surface area contributed by atoms with E-state index in [-0.39, 0.29) is 6.10 Å². The molecule has 0 radical (unpaired) electrons. The van der Waals surface area contributed by atoms with Crippen molar-refractivity contribution >= 4 is 11.8 Å². The molecule has 1 saturated carbocycles. The van der Waals surface area contributed by atoms with E-state index in [2.05, 4.69) is 54.0 Å². The van der Waals surface area contributed by atoms with Gasteiger partial charge in [0, 0.05) is 44.9 Å². The first kappa shape index (κ1) is 30.6. The number of nitrogens with zero attached hydrogens (tertiary/aromatic N) is 3. The monoisotopic (exact) mass is 597 g/mol. The number of piperidine rings is 1. The van der Waals surface area contributed by atoms with Crippen LogP contribution in [0.3, 0.4) is 0 Å². The number of anilines is 1. The van der Waals surface area contributed by atoms with Gasteiger partial charge < -0.3 is 19.5 Å². The largest absolute Gasteiger partial charge is 0.488 e. The molecule has 6 rings (SSSR count). The highest BCUT2D eigenvalue weighted by Gasteiger charge is 2.35. The number of pyridine rings is 1. The third kappa shape index (κ3) is 6.50. The highest BCUT2D eigenvalue weighted by atomic mass is 16.5. The maximum atomic E-state index is 11.7. The van der Waals surface area contributed by atoms with E-state index >= 15 is 0 Å². The average molecular weight is 598 g/mol. The van der Waals surface area contributed by atoms with Gasteiger partial charge in [0.1, 0.15) is 18.2 Å². The molecule has 1 aromatic heterocycles. The maximum Gasteiger partial charge on any atom is 0.309 e. The Hall–Kier alpha value is -3.42. The summed E-state index contributed by atoms with van der Waals surface area (Å²) in [6.45, 7) is 8.34. The molecule has 7 heteroatoms. The lowest BCUT2D eigenvalue weighted by Gasteiger charge is -2.36. The molecule has 0 bridgehead atoms. The number of fused-ring (bicyclic) bond motifs is 1. The standard InChI is InChI=1S/C37H47N3O4/c1-25-9-7-12-31(33-13-8-14-35(38-33)40-22-19-32(37(41)42)34(23-40)43-3)36(25)44-24-28-16-15-27-17-20-39(21-18-30(27)26(28)2)29-10-5-4-6-11-29/h7-9,12-16,29,32,34H,4-6,10-11,17-24H2,1-3H3,(H,41,42)/t32-,34+/m1/s1. The van der Waals surface area contributed by atoms with Crippen LogP contribution in [0.5, 0.6) is 5.75 Å². The number of carbonyl (C=O) groups is 1. The highest BCUT2D eigenvalue weighted by Crippen LogP contribution is 2.35. The predicted molar refractivity (Wildman–Crippen MR) is 175 cm³/mol. The molecule has 3 aromatic rings. The Bertz CT molecular complexity index is 1470. The van der Waals surface area contributed by atoms with Gasteiger partial charge in [-0.15, -0.1) is 0 Å².